The van der Waals surface area contributed by atoms with Crippen molar-refractivity contribution < 1.29 is 4.79 Å². The average molecular weight is 281 g/mol. The maximum atomic E-state index is 11.0. The van der Waals surface area contributed by atoms with E-state index in [1.807, 2.05) is 11.4 Å². The fraction of sp³-hybridized carbons (Fsp3) is 0.643. The fourth-order valence-corrected chi connectivity index (χ4v) is 3.35. The van der Waals surface area contributed by atoms with Gasteiger partial charge in [-0.15, -0.1) is 11.3 Å². The summed E-state index contributed by atoms with van der Waals surface area (Å²) in [7, 11) is 0. The van der Waals surface area contributed by atoms with Gasteiger partial charge in [-0.25, -0.2) is 0 Å². The molecule has 4 nitrogen and oxygen atoms in total. The maximum absolute atomic E-state index is 11.0. The van der Waals surface area contributed by atoms with Crippen LogP contribution in [-0.4, -0.2) is 37.0 Å². The van der Waals surface area contributed by atoms with Crippen LogP contribution in [-0.2, 0) is 6.54 Å². The van der Waals surface area contributed by atoms with E-state index in [1.165, 1.54) is 37.4 Å². The van der Waals surface area contributed by atoms with Crippen LogP contribution in [0, 0.1) is 5.92 Å². The van der Waals surface area contributed by atoms with Gasteiger partial charge in [0.2, 0.25) is 5.91 Å². The number of nitrogens with two attached hydrogens (primary N) is 1. The Kier molecular flexibility index (Phi) is 5.36. The van der Waals surface area contributed by atoms with E-state index in [4.69, 9.17) is 5.73 Å². The molecule has 1 aromatic heterocycles. The minimum Gasteiger partial charge on any atom is -0.366 e. The quantitative estimate of drug-likeness (QED) is 0.834. The lowest BCUT2D eigenvalue weighted by atomic mass is 9.97. The molecule has 0 spiro atoms. The minimum absolute atomic E-state index is 0.338. The number of amides is 1. The van der Waals surface area contributed by atoms with Gasteiger partial charge >= 0.3 is 0 Å². The highest BCUT2D eigenvalue weighted by atomic mass is 32.1. The SMILES string of the molecule is CCN1CCC(CNCc2cc(C(N)=O)cs2)CC1. The molecule has 2 heterocycles. The molecule has 19 heavy (non-hydrogen) atoms. The van der Waals surface area contributed by atoms with Crippen molar-refractivity contribution in [3.8, 4) is 0 Å². The number of carbonyl (C=O) groups excluding carboxylic acids is 1. The van der Waals surface area contributed by atoms with E-state index in [2.05, 4.69) is 17.1 Å². The Morgan fingerprint density at radius 1 is 1.53 bits per heavy atom. The molecule has 0 saturated carbocycles. The number of carbonyl (C=O) groups is 1. The van der Waals surface area contributed by atoms with Crippen molar-refractivity contribution in [3.05, 3.63) is 21.9 Å². The number of thiophene rings is 1. The Morgan fingerprint density at radius 2 is 2.26 bits per heavy atom. The van der Waals surface area contributed by atoms with Crippen LogP contribution in [0.2, 0.25) is 0 Å². The first kappa shape index (κ1) is 14.5. The molecule has 1 aliphatic rings. The van der Waals surface area contributed by atoms with Gasteiger partial charge in [0.25, 0.3) is 0 Å². The zero-order valence-corrected chi connectivity index (χ0v) is 12.3. The monoisotopic (exact) mass is 281 g/mol. The van der Waals surface area contributed by atoms with Crippen molar-refractivity contribution in [2.24, 2.45) is 11.7 Å². The molecule has 0 unspecified atom stereocenters. The van der Waals surface area contributed by atoms with Crippen molar-refractivity contribution in [1.82, 2.24) is 10.2 Å². The van der Waals surface area contributed by atoms with Crippen LogP contribution in [0.5, 0.6) is 0 Å². The molecule has 1 fully saturated rings. The molecule has 106 valence electrons. The van der Waals surface area contributed by atoms with Gasteiger partial charge < -0.3 is 16.0 Å². The van der Waals surface area contributed by atoms with Crippen LogP contribution in [0.15, 0.2) is 11.4 Å². The molecule has 0 bridgehead atoms. The number of piperidine rings is 1. The van der Waals surface area contributed by atoms with Crippen molar-refractivity contribution in [1.29, 1.82) is 0 Å². The summed E-state index contributed by atoms with van der Waals surface area (Å²) in [5.41, 5.74) is 5.86. The van der Waals surface area contributed by atoms with Crippen molar-refractivity contribution >= 4 is 17.2 Å². The third-order valence-corrected chi connectivity index (χ3v) is 4.76. The molecular formula is C14H23N3OS. The molecule has 1 amide bonds. The summed E-state index contributed by atoms with van der Waals surface area (Å²) in [4.78, 5) is 14.7. The van der Waals surface area contributed by atoms with E-state index in [0.29, 0.717) is 5.56 Å². The maximum Gasteiger partial charge on any atom is 0.249 e. The molecule has 0 aromatic carbocycles. The number of nitrogens with zero attached hydrogens (tertiary/aromatic N) is 1. The topological polar surface area (TPSA) is 58.4 Å². The lowest BCUT2D eigenvalue weighted by Gasteiger charge is -2.31. The first-order valence-electron chi connectivity index (χ1n) is 6.99. The molecule has 0 atom stereocenters. The summed E-state index contributed by atoms with van der Waals surface area (Å²) in [5.74, 6) is 0.452. The smallest absolute Gasteiger partial charge is 0.249 e. The van der Waals surface area contributed by atoms with Gasteiger partial charge in [0.15, 0.2) is 0 Å². The molecule has 5 heteroatoms. The standard InChI is InChI=1S/C14H23N3OS/c1-2-17-5-3-11(4-6-17)8-16-9-13-7-12(10-19-13)14(15)18/h7,10-11,16H,2-6,8-9H2,1H3,(H2,15,18). The van der Waals surface area contributed by atoms with Gasteiger partial charge in [-0.2, -0.15) is 0 Å². The Labute approximate surface area is 119 Å². The zero-order chi connectivity index (χ0) is 13.7. The predicted molar refractivity (Wildman–Crippen MR) is 79.4 cm³/mol. The average Bonchev–Trinajstić information content (AvgIpc) is 2.89. The van der Waals surface area contributed by atoms with Gasteiger partial charge in [0, 0.05) is 16.8 Å². The first-order valence-corrected chi connectivity index (χ1v) is 7.87. The van der Waals surface area contributed by atoms with Crippen LogP contribution in [0.3, 0.4) is 0 Å². The Hall–Kier alpha value is -0.910. The third kappa shape index (κ3) is 4.30. The number of hydrogen-bond donors (Lipinski definition) is 2. The van der Waals surface area contributed by atoms with Gasteiger partial charge in [-0.3, -0.25) is 4.79 Å². The summed E-state index contributed by atoms with van der Waals surface area (Å²) < 4.78 is 0. The fourth-order valence-electron chi connectivity index (χ4n) is 2.51. The second-order valence-electron chi connectivity index (χ2n) is 5.17. The van der Waals surface area contributed by atoms with E-state index < -0.39 is 0 Å². The molecule has 3 N–H and O–H groups in total. The highest BCUT2D eigenvalue weighted by molar-refractivity contribution is 7.10. The van der Waals surface area contributed by atoms with E-state index >= 15 is 0 Å². The molecule has 0 aliphatic carbocycles. The Balaban J connectivity index is 1.67. The van der Waals surface area contributed by atoms with Gasteiger partial charge in [-0.05, 0) is 51.0 Å². The summed E-state index contributed by atoms with van der Waals surface area (Å²) >= 11 is 1.60. The molecule has 0 radical (unpaired) electrons. The Bertz CT molecular complexity index is 411. The highest BCUT2D eigenvalue weighted by Gasteiger charge is 2.17. The summed E-state index contributed by atoms with van der Waals surface area (Å²) in [6.07, 6.45) is 2.58. The normalized spacial score (nSPS) is 17.7. The number of nitrogens with one attached hydrogen (secondary N) is 1. The second kappa shape index (κ2) is 7.03. The van der Waals surface area contributed by atoms with E-state index in [9.17, 15) is 4.79 Å². The van der Waals surface area contributed by atoms with Crippen LogP contribution in [0.25, 0.3) is 0 Å². The van der Waals surface area contributed by atoms with E-state index in [1.54, 1.807) is 11.3 Å². The van der Waals surface area contributed by atoms with E-state index in [-0.39, 0.29) is 5.91 Å². The first-order chi connectivity index (χ1) is 9.19. The lowest BCUT2D eigenvalue weighted by Crippen LogP contribution is -2.36. The number of hydrogen-bond acceptors (Lipinski definition) is 4. The van der Waals surface area contributed by atoms with Crippen LogP contribution < -0.4 is 11.1 Å². The van der Waals surface area contributed by atoms with Crippen molar-refractivity contribution in [2.45, 2.75) is 26.3 Å². The van der Waals surface area contributed by atoms with Crippen molar-refractivity contribution in [2.75, 3.05) is 26.2 Å². The van der Waals surface area contributed by atoms with Gasteiger partial charge in [-0.1, -0.05) is 6.92 Å². The number of primary amides is 1. The van der Waals surface area contributed by atoms with E-state index in [0.717, 1.165) is 19.0 Å². The number of rotatable bonds is 6. The van der Waals surface area contributed by atoms with Crippen LogP contribution in [0.1, 0.15) is 35.0 Å². The van der Waals surface area contributed by atoms with Crippen LogP contribution in [0.4, 0.5) is 0 Å². The highest BCUT2D eigenvalue weighted by Crippen LogP contribution is 2.17. The molecular weight excluding hydrogens is 258 g/mol. The lowest BCUT2D eigenvalue weighted by molar-refractivity contribution is 0.100. The van der Waals surface area contributed by atoms with Crippen molar-refractivity contribution in [3.63, 3.8) is 0 Å². The second-order valence-corrected chi connectivity index (χ2v) is 6.17. The zero-order valence-electron chi connectivity index (χ0n) is 11.5. The molecule has 1 aromatic rings. The third-order valence-electron chi connectivity index (χ3n) is 3.82. The van der Waals surface area contributed by atoms with Gasteiger partial charge in [0.1, 0.15) is 0 Å². The number of likely N-dealkylation sites (tertiary alicyclic amines) is 1. The summed E-state index contributed by atoms with van der Waals surface area (Å²) in [5, 5.41) is 5.33. The summed E-state index contributed by atoms with van der Waals surface area (Å²) in [6, 6.07) is 1.89. The van der Waals surface area contributed by atoms with Gasteiger partial charge in [0.05, 0.1) is 5.56 Å². The summed E-state index contributed by atoms with van der Waals surface area (Å²) in [6.45, 7) is 7.77. The molecule has 1 saturated heterocycles. The molecule has 1 aliphatic heterocycles. The Morgan fingerprint density at radius 3 is 2.84 bits per heavy atom. The largest absolute Gasteiger partial charge is 0.366 e. The van der Waals surface area contributed by atoms with Crippen LogP contribution >= 0.6 is 11.3 Å². The molecule has 2 rings (SSSR count). The minimum atomic E-state index is -0.338. The predicted octanol–water partition coefficient (Wildman–Crippen LogP) is 1.67.